The third kappa shape index (κ3) is 4.78. The summed E-state index contributed by atoms with van der Waals surface area (Å²) < 4.78 is 10.5. The number of amides is 1. The largest absolute Gasteiger partial charge is 0.450 e. The Bertz CT molecular complexity index is 939. The lowest BCUT2D eigenvalue weighted by Gasteiger charge is -2.30. The number of nitrogen functional groups attached to an aromatic ring is 1. The van der Waals surface area contributed by atoms with Gasteiger partial charge < -0.3 is 35.4 Å². The van der Waals surface area contributed by atoms with Gasteiger partial charge in [0.15, 0.2) is 5.82 Å². The molecule has 2 aromatic rings. The quantitative estimate of drug-likeness (QED) is 0.535. The standard InChI is InChI=1S/C19H27N9O4/c1-2-32-18(30)28-4-3-19(11-28,12-29)26-16-23-14(13-9-21-15(20)22-10-13)24-17(25-16)27-5-7-31-8-6-27/h9-10,29H,2-8,11-12H2,1H3,(H2,20,21,22)(H,23,24,25,26)/t19-/m0/s1. The second-order valence-corrected chi connectivity index (χ2v) is 7.65. The molecule has 1 atom stereocenters. The van der Waals surface area contributed by atoms with Crippen molar-refractivity contribution in [2.75, 3.05) is 68.6 Å². The van der Waals surface area contributed by atoms with E-state index in [0.717, 1.165) is 0 Å². The van der Waals surface area contributed by atoms with Crippen molar-refractivity contribution in [3.05, 3.63) is 12.4 Å². The molecule has 172 valence electrons. The summed E-state index contributed by atoms with van der Waals surface area (Å²) in [4.78, 5) is 37.5. The Morgan fingerprint density at radius 3 is 2.69 bits per heavy atom. The van der Waals surface area contributed by atoms with E-state index in [9.17, 15) is 9.90 Å². The van der Waals surface area contributed by atoms with Crippen LogP contribution >= 0.6 is 0 Å². The average molecular weight is 445 g/mol. The number of nitrogens with two attached hydrogens (primary N) is 1. The van der Waals surface area contributed by atoms with Gasteiger partial charge in [0.25, 0.3) is 0 Å². The van der Waals surface area contributed by atoms with Gasteiger partial charge in [0.1, 0.15) is 0 Å². The highest BCUT2D eigenvalue weighted by atomic mass is 16.6. The molecule has 2 aromatic heterocycles. The van der Waals surface area contributed by atoms with Crippen molar-refractivity contribution >= 4 is 23.9 Å². The van der Waals surface area contributed by atoms with E-state index in [-0.39, 0.29) is 31.7 Å². The molecule has 32 heavy (non-hydrogen) atoms. The van der Waals surface area contributed by atoms with Crippen LogP contribution in [0.5, 0.6) is 0 Å². The molecule has 4 heterocycles. The number of rotatable bonds is 6. The molecule has 4 rings (SSSR count). The lowest BCUT2D eigenvalue weighted by Crippen LogP contribution is -2.46. The molecule has 2 fully saturated rings. The molecule has 0 bridgehead atoms. The molecule has 2 aliphatic rings. The summed E-state index contributed by atoms with van der Waals surface area (Å²) >= 11 is 0. The van der Waals surface area contributed by atoms with E-state index >= 15 is 0 Å². The minimum absolute atomic E-state index is 0.152. The maximum absolute atomic E-state index is 12.1. The number of anilines is 3. The summed E-state index contributed by atoms with van der Waals surface area (Å²) in [7, 11) is 0. The third-order valence-electron chi connectivity index (χ3n) is 5.41. The van der Waals surface area contributed by atoms with Crippen LogP contribution in [-0.4, -0.2) is 99.2 Å². The van der Waals surface area contributed by atoms with E-state index in [2.05, 4.69) is 30.2 Å². The van der Waals surface area contributed by atoms with Gasteiger partial charge in [-0.1, -0.05) is 0 Å². The van der Waals surface area contributed by atoms with E-state index in [1.807, 2.05) is 4.90 Å². The topological polar surface area (TPSA) is 165 Å². The zero-order valence-electron chi connectivity index (χ0n) is 17.9. The molecule has 1 amide bonds. The van der Waals surface area contributed by atoms with Crippen LogP contribution in [-0.2, 0) is 9.47 Å². The minimum Gasteiger partial charge on any atom is -0.450 e. The predicted octanol–water partition coefficient (Wildman–Crippen LogP) is -0.247. The first-order valence-electron chi connectivity index (χ1n) is 10.5. The molecule has 13 heteroatoms. The van der Waals surface area contributed by atoms with Crippen LogP contribution in [0, 0.1) is 0 Å². The van der Waals surface area contributed by atoms with Gasteiger partial charge in [-0.05, 0) is 13.3 Å². The lowest BCUT2D eigenvalue weighted by atomic mass is 10.0. The molecular formula is C19H27N9O4. The number of ether oxygens (including phenoxy) is 2. The summed E-state index contributed by atoms with van der Waals surface area (Å²) in [5.41, 5.74) is 5.38. The number of hydrogen-bond acceptors (Lipinski definition) is 12. The van der Waals surface area contributed by atoms with Gasteiger partial charge in [0.05, 0.1) is 37.5 Å². The molecule has 0 aliphatic carbocycles. The van der Waals surface area contributed by atoms with Gasteiger partial charge in [0.2, 0.25) is 17.8 Å². The normalized spacial score (nSPS) is 20.9. The van der Waals surface area contributed by atoms with Gasteiger partial charge in [-0.25, -0.2) is 14.8 Å². The van der Waals surface area contributed by atoms with E-state index in [1.54, 1.807) is 24.2 Å². The van der Waals surface area contributed by atoms with Crippen molar-refractivity contribution < 1.29 is 19.4 Å². The number of aliphatic hydroxyl groups is 1. The van der Waals surface area contributed by atoms with Crippen LogP contribution in [0.15, 0.2) is 12.4 Å². The Kier molecular flexibility index (Phi) is 6.46. The molecule has 0 radical (unpaired) electrons. The van der Waals surface area contributed by atoms with E-state index in [0.29, 0.717) is 56.6 Å². The van der Waals surface area contributed by atoms with Gasteiger partial charge in [0, 0.05) is 38.6 Å². The summed E-state index contributed by atoms with van der Waals surface area (Å²) in [6.07, 6.45) is 3.20. The Morgan fingerprint density at radius 2 is 2.00 bits per heavy atom. The molecule has 2 saturated heterocycles. The monoisotopic (exact) mass is 445 g/mol. The fourth-order valence-electron chi connectivity index (χ4n) is 3.66. The number of aliphatic hydroxyl groups excluding tert-OH is 1. The predicted molar refractivity (Wildman–Crippen MR) is 115 cm³/mol. The van der Waals surface area contributed by atoms with Crippen LogP contribution in [0.25, 0.3) is 11.4 Å². The second kappa shape index (κ2) is 9.44. The van der Waals surface area contributed by atoms with Crippen LogP contribution < -0.4 is 16.0 Å². The first-order valence-corrected chi connectivity index (χ1v) is 10.5. The molecule has 13 nitrogen and oxygen atoms in total. The number of carbonyl (C=O) groups is 1. The van der Waals surface area contributed by atoms with Crippen LogP contribution in [0.3, 0.4) is 0 Å². The van der Waals surface area contributed by atoms with Crippen molar-refractivity contribution in [2.45, 2.75) is 18.9 Å². The van der Waals surface area contributed by atoms with Crippen LogP contribution in [0.2, 0.25) is 0 Å². The summed E-state index contributed by atoms with van der Waals surface area (Å²) in [5.74, 6) is 1.29. The number of morpholine rings is 1. The van der Waals surface area contributed by atoms with Crippen molar-refractivity contribution in [2.24, 2.45) is 0 Å². The number of nitrogens with zero attached hydrogens (tertiary/aromatic N) is 7. The number of hydrogen-bond donors (Lipinski definition) is 3. The first kappa shape index (κ1) is 21.9. The van der Waals surface area contributed by atoms with Crippen LogP contribution in [0.1, 0.15) is 13.3 Å². The molecule has 0 unspecified atom stereocenters. The first-order chi connectivity index (χ1) is 15.5. The maximum atomic E-state index is 12.1. The fourth-order valence-corrected chi connectivity index (χ4v) is 3.66. The maximum Gasteiger partial charge on any atom is 0.409 e. The van der Waals surface area contributed by atoms with Gasteiger partial charge in [-0.2, -0.15) is 15.0 Å². The molecule has 2 aliphatic heterocycles. The highest BCUT2D eigenvalue weighted by Gasteiger charge is 2.41. The van der Waals surface area contributed by atoms with Crippen molar-refractivity contribution in [3.63, 3.8) is 0 Å². The Balaban J connectivity index is 1.63. The number of nitrogens with one attached hydrogen (secondary N) is 1. The van der Waals surface area contributed by atoms with E-state index in [4.69, 9.17) is 15.2 Å². The highest BCUT2D eigenvalue weighted by Crippen LogP contribution is 2.27. The average Bonchev–Trinajstić information content (AvgIpc) is 3.25. The SMILES string of the molecule is CCOC(=O)N1CC[C@](CO)(Nc2nc(-c3cnc(N)nc3)nc(N3CCOCC3)n2)C1. The van der Waals surface area contributed by atoms with Gasteiger partial charge in [-0.15, -0.1) is 0 Å². The van der Waals surface area contributed by atoms with E-state index < -0.39 is 11.6 Å². The Hall–Kier alpha value is -3.32. The zero-order chi connectivity index (χ0) is 22.6. The lowest BCUT2D eigenvalue weighted by molar-refractivity contribution is 0.112. The molecular weight excluding hydrogens is 418 g/mol. The van der Waals surface area contributed by atoms with Crippen molar-refractivity contribution in [1.29, 1.82) is 0 Å². The summed E-state index contributed by atoms with van der Waals surface area (Å²) in [6, 6.07) is 0. The fraction of sp³-hybridized carbons (Fsp3) is 0.579. The number of carbonyl (C=O) groups excluding carboxylic acids is 1. The van der Waals surface area contributed by atoms with Gasteiger partial charge >= 0.3 is 6.09 Å². The smallest absolute Gasteiger partial charge is 0.409 e. The molecule has 4 N–H and O–H groups in total. The Labute approximate surface area is 185 Å². The molecule has 0 aromatic carbocycles. The summed E-state index contributed by atoms with van der Waals surface area (Å²) in [6.45, 7) is 4.99. The molecule has 0 spiro atoms. The third-order valence-corrected chi connectivity index (χ3v) is 5.41. The van der Waals surface area contributed by atoms with E-state index in [1.165, 1.54) is 0 Å². The van der Waals surface area contributed by atoms with Crippen LogP contribution in [0.4, 0.5) is 22.6 Å². The molecule has 0 saturated carbocycles. The number of likely N-dealkylation sites (tertiary alicyclic amines) is 1. The minimum atomic E-state index is -0.800. The van der Waals surface area contributed by atoms with Gasteiger partial charge in [-0.3, -0.25) is 0 Å². The second-order valence-electron chi connectivity index (χ2n) is 7.65. The van der Waals surface area contributed by atoms with Crippen molar-refractivity contribution in [3.8, 4) is 11.4 Å². The zero-order valence-corrected chi connectivity index (χ0v) is 17.9. The number of aromatic nitrogens is 5. The highest BCUT2D eigenvalue weighted by molar-refractivity contribution is 5.68. The summed E-state index contributed by atoms with van der Waals surface area (Å²) in [5, 5.41) is 13.4. The Morgan fingerprint density at radius 1 is 1.25 bits per heavy atom. The van der Waals surface area contributed by atoms with Crippen molar-refractivity contribution in [1.82, 2.24) is 29.8 Å².